The molecule has 0 amide bonds. The summed E-state index contributed by atoms with van der Waals surface area (Å²) in [4.78, 5) is 12.4. The Hall–Kier alpha value is -1.44. The number of hydrogen-bond donors (Lipinski definition) is 0. The number of hydrogen-bond acceptors (Lipinski definition) is 4. The molecule has 4 nitrogen and oxygen atoms in total. The molecule has 0 atom stereocenters. The average Bonchev–Trinajstić information content (AvgIpc) is 2.48. The van der Waals surface area contributed by atoms with Gasteiger partial charge < -0.3 is 14.2 Å². The predicted octanol–water partition coefficient (Wildman–Crippen LogP) is 2.55. The van der Waals surface area contributed by atoms with Crippen molar-refractivity contribution < 1.29 is 32.2 Å². The Bertz CT molecular complexity index is 572. The van der Waals surface area contributed by atoms with E-state index in [4.69, 9.17) is 14.2 Å². The van der Waals surface area contributed by atoms with Gasteiger partial charge in [-0.05, 0) is 11.6 Å². The minimum absolute atomic E-state index is 0.240. The van der Waals surface area contributed by atoms with Gasteiger partial charge >= 0.3 is 12.1 Å². The zero-order valence-corrected chi connectivity index (χ0v) is 11.9. The van der Waals surface area contributed by atoms with Crippen molar-refractivity contribution in [3.63, 3.8) is 0 Å². The third kappa shape index (κ3) is 2.76. The van der Waals surface area contributed by atoms with Crippen molar-refractivity contribution >= 4 is 5.78 Å². The van der Waals surface area contributed by atoms with E-state index in [9.17, 15) is 18.0 Å². The van der Waals surface area contributed by atoms with E-state index in [-0.39, 0.29) is 17.4 Å². The lowest BCUT2D eigenvalue weighted by atomic mass is 9.91. The highest BCUT2D eigenvalue weighted by Crippen LogP contribution is 2.39. The first-order valence-corrected chi connectivity index (χ1v) is 6.84. The number of carbonyl (C=O) groups is 1. The van der Waals surface area contributed by atoms with Crippen LogP contribution in [0.5, 0.6) is 0 Å². The molecule has 0 spiro atoms. The van der Waals surface area contributed by atoms with E-state index in [1.54, 1.807) is 0 Å². The largest absolute Gasteiger partial charge is 0.416 e. The van der Waals surface area contributed by atoms with Crippen LogP contribution in [0.2, 0.25) is 0 Å². The number of rotatable bonds is 3. The summed E-state index contributed by atoms with van der Waals surface area (Å²) in [5.41, 5.74) is -0.833. The van der Waals surface area contributed by atoms with Crippen LogP contribution in [-0.2, 0) is 31.6 Å². The van der Waals surface area contributed by atoms with Crippen molar-refractivity contribution in [2.45, 2.75) is 25.5 Å². The fourth-order valence-corrected chi connectivity index (χ4v) is 2.45. The van der Waals surface area contributed by atoms with E-state index < -0.39 is 23.5 Å². The first-order chi connectivity index (χ1) is 10.2. The molecule has 0 unspecified atom stereocenters. The summed E-state index contributed by atoms with van der Waals surface area (Å²) < 4.78 is 54.2. The van der Waals surface area contributed by atoms with E-state index in [2.05, 4.69) is 0 Å². The summed E-state index contributed by atoms with van der Waals surface area (Å²) in [5, 5.41) is 0. The third-order valence-electron chi connectivity index (χ3n) is 3.79. The van der Waals surface area contributed by atoms with Crippen LogP contribution in [0.1, 0.15) is 18.1 Å². The van der Waals surface area contributed by atoms with Crippen molar-refractivity contribution in [1.82, 2.24) is 0 Å². The molecule has 0 radical (unpaired) electrons. The standard InChI is InChI=1S/C15H15F3O4/c1-13-7-20-15(21-8-13,22-9-13)12(19)6-10-3-2-4-11(5-10)14(16,17)18/h2-5H,6-9H2,1H3. The smallest absolute Gasteiger partial charge is 0.320 e. The van der Waals surface area contributed by atoms with Crippen LogP contribution in [0, 0.1) is 5.41 Å². The topological polar surface area (TPSA) is 44.8 Å². The quantitative estimate of drug-likeness (QED) is 0.860. The predicted molar refractivity (Wildman–Crippen MR) is 68.8 cm³/mol. The molecule has 120 valence electrons. The fourth-order valence-electron chi connectivity index (χ4n) is 2.45. The summed E-state index contributed by atoms with van der Waals surface area (Å²) in [5.74, 6) is -2.31. The molecule has 0 saturated carbocycles. The molecule has 3 fully saturated rings. The molecular weight excluding hydrogens is 301 g/mol. The number of benzene rings is 1. The number of carbonyl (C=O) groups excluding carboxylic acids is 1. The fraction of sp³-hybridized carbons (Fsp3) is 0.533. The molecule has 4 rings (SSSR count). The second-order valence-corrected chi connectivity index (χ2v) is 6.03. The van der Waals surface area contributed by atoms with Gasteiger partial charge in [0.05, 0.1) is 25.4 Å². The number of halogens is 3. The summed E-state index contributed by atoms with van der Waals surface area (Å²) in [6, 6.07) is 4.64. The molecule has 3 aliphatic rings. The first kappa shape index (κ1) is 15.5. The first-order valence-electron chi connectivity index (χ1n) is 6.84. The van der Waals surface area contributed by atoms with Gasteiger partial charge in [-0.1, -0.05) is 25.1 Å². The second kappa shape index (κ2) is 5.04. The van der Waals surface area contributed by atoms with Gasteiger partial charge in [0, 0.05) is 11.8 Å². The molecule has 3 heterocycles. The van der Waals surface area contributed by atoms with E-state index in [0.717, 1.165) is 12.1 Å². The van der Waals surface area contributed by atoms with Gasteiger partial charge in [-0.25, -0.2) is 0 Å². The van der Waals surface area contributed by atoms with Gasteiger partial charge in [-0.2, -0.15) is 13.2 Å². The molecule has 1 aromatic carbocycles. The van der Waals surface area contributed by atoms with E-state index >= 15 is 0 Å². The highest BCUT2D eigenvalue weighted by Gasteiger charge is 2.54. The second-order valence-electron chi connectivity index (χ2n) is 6.03. The number of fused-ring (bicyclic) bond motifs is 3. The SMILES string of the molecule is CC12COC(C(=O)Cc3cccc(C(F)(F)F)c3)(OC1)OC2. The van der Waals surface area contributed by atoms with Gasteiger partial charge in [0.1, 0.15) is 0 Å². The Morgan fingerprint density at radius 3 is 2.32 bits per heavy atom. The van der Waals surface area contributed by atoms with E-state index in [1.807, 2.05) is 6.92 Å². The van der Waals surface area contributed by atoms with Gasteiger partial charge in [-0.3, -0.25) is 4.79 Å². The highest BCUT2D eigenvalue weighted by atomic mass is 19.4. The Kier molecular flexibility index (Phi) is 3.54. The van der Waals surface area contributed by atoms with Crippen LogP contribution >= 0.6 is 0 Å². The summed E-state index contributed by atoms with van der Waals surface area (Å²) in [7, 11) is 0. The zero-order valence-electron chi connectivity index (χ0n) is 11.9. The normalized spacial score (nSPS) is 31.3. The number of Topliss-reactive ketones (excluding diaryl/α,β-unsaturated/α-hetero) is 1. The average molecular weight is 316 g/mol. The Labute approximate surface area is 125 Å². The maximum absolute atomic E-state index is 12.7. The maximum Gasteiger partial charge on any atom is 0.416 e. The van der Waals surface area contributed by atoms with Gasteiger partial charge in [0.15, 0.2) is 0 Å². The molecule has 2 bridgehead atoms. The van der Waals surface area contributed by atoms with Crippen molar-refractivity contribution in [3.05, 3.63) is 35.4 Å². The van der Waals surface area contributed by atoms with Gasteiger partial charge in [-0.15, -0.1) is 0 Å². The van der Waals surface area contributed by atoms with Gasteiger partial charge in [0.2, 0.25) is 5.78 Å². The lowest BCUT2D eigenvalue weighted by molar-refractivity contribution is -0.439. The molecule has 0 N–H and O–H groups in total. The third-order valence-corrected chi connectivity index (χ3v) is 3.79. The van der Waals surface area contributed by atoms with Crippen LogP contribution in [0.4, 0.5) is 13.2 Å². The van der Waals surface area contributed by atoms with Crippen LogP contribution in [0.25, 0.3) is 0 Å². The summed E-state index contributed by atoms with van der Waals surface area (Å²) in [6.45, 7) is 2.87. The Balaban J connectivity index is 1.75. The molecule has 3 aliphatic heterocycles. The lowest BCUT2D eigenvalue weighted by Crippen LogP contribution is -2.62. The van der Waals surface area contributed by atoms with Crippen molar-refractivity contribution in [2.24, 2.45) is 5.41 Å². The zero-order chi connectivity index (χ0) is 16.0. The number of alkyl halides is 3. The maximum atomic E-state index is 12.7. The van der Waals surface area contributed by atoms with Crippen molar-refractivity contribution in [3.8, 4) is 0 Å². The summed E-state index contributed by atoms with van der Waals surface area (Å²) >= 11 is 0. The van der Waals surface area contributed by atoms with Gasteiger partial charge in [0.25, 0.3) is 0 Å². The molecule has 0 aromatic heterocycles. The van der Waals surface area contributed by atoms with Crippen LogP contribution in [0.15, 0.2) is 24.3 Å². The molecular formula is C15H15F3O4. The molecule has 1 aromatic rings. The van der Waals surface area contributed by atoms with E-state index in [1.165, 1.54) is 12.1 Å². The Morgan fingerprint density at radius 1 is 1.18 bits per heavy atom. The van der Waals surface area contributed by atoms with E-state index in [0.29, 0.717) is 19.8 Å². The molecule has 22 heavy (non-hydrogen) atoms. The van der Waals surface area contributed by atoms with Crippen LogP contribution in [0.3, 0.4) is 0 Å². The summed E-state index contributed by atoms with van der Waals surface area (Å²) in [6.07, 6.45) is -4.70. The van der Waals surface area contributed by atoms with Crippen LogP contribution in [-0.4, -0.2) is 31.6 Å². The molecule has 3 saturated heterocycles. The monoisotopic (exact) mass is 316 g/mol. The van der Waals surface area contributed by atoms with Crippen LogP contribution < -0.4 is 0 Å². The minimum atomic E-state index is -4.45. The number of ketones is 1. The number of ether oxygens (including phenoxy) is 3. The van der Waals surface area contributed by atoms with Crippen molar-refractivity contribution in [2.75, 3.05) is 19.8 Å². The van der Waals surface area contributed by atoms with Crippen molar-refractivity contribution in [1.29, 1.82) is 0 Å². The lowest BCUT2D eigenvalue weighted by Gasteiger charge is -2.49. The molecule has 0 aliphatic carbocycles. The minimum Gasteiger partial charge on any atom is -0.320 e. The highest BCUT2D eigenvalue weighted by molar-refractivity contribution is 5.86. The Morgan fingerprint density at radius 2 is 1.77 bits per heavy atom. The molecule has 7 heteroatoms.